The van der Waals surface area contributed by atoms with Crippen LogP contribution in [0.3, 0.4) is 0 Å². The fraction of sp³-hybridized carbons (Fsp3) is 0.316. The fourth-order valence-electron chi connectivity index (χ4n) is 3.34. The van der Waals surface area contributed by atoms with Gasteiger partial charge in [-0.05, 0) is 36.8 Å². The summed E-state index contributed by atoms with van der Waals surface area (Å²) in [6, 6.07) is 17.3. The van der Waals surface area contributed by atoms with Crippen LogP contribution in [0.15, 0.2) is 48.5 Å². The smallest absolute Gasteiger partial charge is 0.104 e. The van der Waals surface area contributed by atoms with E-state index in [1.165, 1.54) is 11.3 Å². The first-order valence-corrected chi connectivity index (χ1v) is 8.25. The van der Waals surface area contributed by atoms with E-state index in [1.807, 2.05) is 6.92 Å². The van der Waals surface area contributed by atoms with Gasteiger partial charge in [0.15, 0.2) is 0 Å². The third-order valence-electron chi connectivity index (χ3n) is 4.56. The maximum absolute atomic E-state index is 4.47. The van der Waals surface area contributed by atoms with Crippen LogP contribution in [0.4, 0.5) is 5.69 Å². The van der Waals surface area contributed by atoms with Gasteiger partial charge in [-0.2, -0.15) is 0 Å². The summed E-state index contributed by atoms with van der Waals surface area (Å²) in [6.07, 6.45) is 0. The third-order valence-corrected chi connectivity index (χ3v) is 4.56. The summed E-state index contributed by atoms with van der Waals surface area (Å²) in [4.78, 5) is 12.8. The number of hydrogen-bond acceptors (Lipinski definition) is 3. The maximum atomic E-state index is 4.47. The van der Waals surface area contributed by atoms with E-state index in [4.69, 9.17) is 0 Å². The van der Waals surface area contributed by atoms with Crippen molar-refractivity contribution in [1.82, 2.24) is 14.9 Å². The molecule has 1 aliphatic heterocycles. The molecule has 23 heavy (non-hydrogen) atoms. The van der Waals surface area contributed by atoms with Crippen molar-refractivity contribution in [2.45, 2.75) is 13.5 Å². The van der Waals surface area contributed by atoms with Crippen LogP contribution in [0.1, 0.15) is 11.4 Å². The molecule has 1 fully saturated rings. The number of H-pyrrole nitrogens is 1. The standard InChI is InChI=1S/C19H22N4/c1-15-20-18-8-7-16(13-19(18)21-15)14-22-9-11-23(12-10-22)17-5-3-2-4-6-17/h2-8,13H,9-12,14H2,1H3,(H,20,21). The molecule has 1 saturated heterocycles. The highest BCUT2D eigenvalue weighted by atomic mass is 15.3. The number of nitrogens with zero attached hydrogens (tertiary/aromatic N) is 3. The number of piperazine rings is 1. The van der Waals surface area contributed by atoms with Gasteiger partial charge in [0.05, 0.1) is 11.0 Å². The third kappa shape index (κ3) is 3.08. The quantitative estimate of drug-likeness (QED) is 0.807. The number of nitrogens with one attached hydrogen (secondary N) is 1. The highest BCUT2D eigenvalue weighted by molar-refractivity contribution is 5.75. The lowest BCUT2D eigenvalue weighted by Gasteiger charge is -2.36. The van der Waals surface area contributed by atoms with Gasteiger partial charge in [0.1, 0.15) is 5.82 Å². The topological polar surface area (TPSA) is 35.2 Å². The van der Waals surface area contributed by atoms with Gasteiger partial charge in [-0.3, -0.25) is 4.90 Å². The SMILES string of the molecule is Cc1nc2ccc(CN3CCN(c4ccccc4)CC3)cc2[nH]1. The number of anilines is 1. The summed E-state index contributed by atoms with van der Waals surface area (Å²) in [7, 11) is 0. The Hall–Kier alpha value is -2.33. The van der Waals surface area contributed by atoms with E-state index in [1.54, 1.807) is 0 Å². The van der Waals surface area contributed by atoms with Gasteiger partial charge in [-0.15, -0.1) is 0 Å². The summed E-state index contributed by atoms with van der Waals surface area (Å²) < 4.78 is 0. The van der Waals surface area contributed by atoms with Gasteiger partial charge in [-0.1, -0.05) is 24.3 Å². The van der Waals surface area contributed by atoms with Crippen LogP contribution in [0.2, 0.25) is 0 Å². The lowest BCUT2D eigenvalue weighted by Crippen LogP contribution is -2.45. The Labute approximate surface area is 136 Å². The summed E-state index contributed by atoms with van der Waals surface area (Å²) in [5, 5.41) is 0. The molecule has 1 N–H and O–H groups in total. The van der Waals surface area contributed by atoms with Gasteiger partial charge in [0, 0.05) is 38.4 Å². The van der Waals surface area contributed by atoms with Crippen molar-refractivity contribution in [3.63, 3.8) is 0 Å². The van der Waals surface area contributed by atoms with Crippen LogP contribution in [0.5, 0.6) is 0 Å². The molecule has 4 nitrogen and oxygen atoms in total. The van der Waals surface area contributed by atoms with Crippen molar-refractivity contribution in [2.24, 2.45) is 0 Å². The van der Waals surface area contributed by atoms with Crippen molar-refractivity contribution < 1.29 is 0 Å². The van der Waals surface area contributed by atoms with Crippen molar-refractivity contribution in [1.29, 1.82) is 0 Å². The molecule has 4 rings (SSSR count). The normalized spacial score (nSPS) is 16.1. The lowest BCUT2D eigenvalue weighted by molar-refractivity contribution is 0.250. The summed E-state index contributed by atoms with van der Waals surface area (Å²) in [5.74, 6) is 0.980. The predicted octanol–water partition coefficient (Wildman–Crippen LogP) is 3.19. The first kappa shape index (κ1) is 14.3. The minimum Gasteiger partial charge on any atom is -0.369 e. The van der Waals surface area contributed by atoms with E-state index >= 15 is 0 Å². The summed E-state index contributed by atoms with van der Waals surface area (Å²) in [6.45, 7) is 7.41. The van der Waals surface area contributed by atoms with Crippen molar-refractivity contribution in [3.05, 3.63) is 59.9 Å². The monoisotopic (exact) mass is 306 g/mol. The minimum absolute atomic E-state index is 0.980. The molecule has 0 aliphatic carbocycles. The predicted molar refractivity (Wildman–Crippen MR) is 94.8 cm³/mol. The van der Waals surface area contributed by atoms with E-state index in [0.29, 0.717) is 0 Å². The number of rotatable bonds is 3. The Bertz CT molecular complexity index is 785. The number of aromatic nitrogens is 2. The van der Waals surface area contributed by atoms with Crippen LogP contribution in [0.25, 0.3) is 11.0 Å². The molecule has 1 aliphatic rings. The van der Waals surface area contributed by atoms with Gasteiger partial charge < -0.3 is 9.88 Å². The Kier molecular flexibility index (Phi) is 3.75. The Morgan fingerprint density at radius 1 is 1.00 bits per heavy atom. The number of aromatic amines is 1. The Morgan fingerprint density at radius 3 is 2.57 bits per heavy atom. The Morgan fingerprint density at radius 2 is 1.78 bits per heavy atom. The van der Waals surface area contributed by atoms with Crippen LogP contribution >= 0.6 is 0 Å². The van der Waals surface area contributed by atoms with E-state index in [-0.39, 0.29) is 0 Å². The summed E-state index contributed by atoms with van der Waals surface area (Å²) >= 11 is 0. The number of hydrogen-bond donors (Lipinski definition) is 1. The van der Waals surface area contributed by atoms with Gasteiger partial charge >= 0.3 is 0 Å². The van der Waals surface area contributed by atoms with Crippen molar-refractivity contribution >= 4 is 16.7 Å². The lowest BCUT2D eigenvalue weighted by atomic mass is 10.1. The molecule has 0 amide bonds. The summed E-state index contributed by atoms with van der Waals surface area (Å²) in [5.41, 5.74) is 4.89. The number of imidazole rings is 1. The van der Waals surface area contributed by atoms with Crippen molar-refractivity contribution in [3.8, 4) is 0 Å². The Balaban J connectivity index is 1.40. The molecule has 1 aromatic heterocycles. The van der Waals surface area contributed by atoms with E-state index in [0.717, 1.165) is 49.6 Å². The van der Waals surface area contributed by atoms with Gasteiger partial charge in [-0.25, -0.2) is 4.98 Å². The molecule has 0 saturated carbocycles. The first-order chi connectivity index (χ1) is 11.3. The van der Waals surface area contributed by atoms with Crippen molar-refractivity contribution in [2.75, 3.05) is 31.1 Å². The molecule has 2 heterocycles. The van der Waals surface area contributed by atoms with Crippen LogP contribution in [-0.2, 0) is 6.54 Å². The van der Waals surface area contributed by atoms with Crippen LogP contribution in [-0.4, -0.2) is 41.0 Å². The molecule has 118 valence electrons. The largest absolute Gasteiger partial charge is 0.369 e. The second kappa shape index (κ2) is 6.05. The average molecular weight is 306 g/mol. The minimum atomic E-state index is 0.980. The van der Waals surface area contributed by atoms with Crippen LogP contribution < -0.4 is 4.90 Å². The zero-order valence-corrected chi connectivity index (χ0v) is 13.5. The zero-order chi connectivity index (χ0) is 15.6. The molecule has 0 bridgehead atoms. The molecule has 3 aromatic rings. The second-order valence-electron chi connectivity index (χ2n) is 6.27. The molecule has 2 aromatic carbocycles. The molecule has 0 spiro atoms. The average Bonchev–Trinajstić information content (AvgIpc) is 2.96. The van der Waals surface area contributed by atoms with Crippen LogP contribution in [0, 0.1) is 6.92 Å². The highest BCUT2D eigenvalue weighted by Crippen LogP contribution is 2.18. The number of para-hydroxylation sites is 1. The molecule has 0 atom stereocenters. The van der Waals surface area contributed by atoms with E-state index in [9.17, 15) is 0 Å². The number of fused-ring (bicyclic) bond motifs is 1. The molecule has 0 unspecified atom stereocenters. The zero-order valence-electron chi connectivity index (χ0n) is 13.5. The number of aryl methyl sites for hydroxylation is 1. The second-order valence-corrected chi connectivity index (χ2v) is 6.27. The molecular formula is C19H22N4. The molecule has 0 radical (unpaired) electrons. The molecular weight excluding hydrogens is 284 g/mol. The van der Waals surface area contributed by atoms with Gasteiger partial charge in [0.25, 0.3) is 0 Å². The highest BCUT2D eigenvalue weighted by Gasteiger charge is 2.17. The van der Waals surface area contributed by atoms with E-state index in [2.05, 4.69) is 68.3 Å². The van der Waals surface area contributed by atoms with E-state index < -0.39 is 0 Å². The fourth-order valence-corrected chi connectivity index (χ4v) is 3.34. The maximum Gasteiger partial charge on any atom is 0.104 e. The van der Waals surface area contributed by atoms with Gasteiger partial charge in [0.2, 0.25) is 0 Å². The molecule has 4 heteroatoms. The number of benzene rings is 2. The first-order valence-electron chi connectivity index (χ1n) is 8.25.